The van der Waals surface area contributed by atoms with Gasteiger partial charge in [-0.05, 0) is 12.1 Å². The van der Waals surface area contributed by atoms with Gasteiger partial charge in [0.2, 0.25) is 0 Å². The van der Waals surface area contributed by atoms with Crippen molar-refractivity contribution in [2.45, 2.75) is 29.9 Å². The van der Waals surface area contributed by atoms with E-state index in [1.54, 1.807) is 0 Å². The zero-order valence-electron chi connectivity index (χ0n) is 11.9. The molecule has 0 unspecified atom stereocenters. The second-order valence-electron chi connectivity index (χ2n) is 4.75. The Labute approximate surface area is 151 Å². The molecule has 1 heterocycles. The van der Waals surface area contributed by atoms with Gasteiger partial charge in [-0.25, -0.2) is 4.98 Å². The zero-order valence-corrected chi connectivity index (χ0v) is 13.4. The maximum Gasteiger partial charge on any atom is 0.460 e. The van der Waals surface area contributed by atoms with Crippen molar-refractivity contribution in [3.05, 3.63) is 22.4 Å². The van der Waals surface area contributed by atoms with E-state index in [2.05, 4.69) is 4.98 Å². The Bertz CT molecular complexity index is 715. The van der Waals surface area contributed by atoms with Gasteiger partial charge in [0.25, 0.3) is 0 Å². The number of nitrogens with zero attached hydrogens (tertiary/aromatic N) is 1. The number of alkyl halides is 11. The predicted octanol–water partition coefficient (Wildman–Crippen LogP) is 5.43. The van der Waals surface area contributed by atoms with Crippen LogP contribution in [0.15, 0.2) is 12.1 Å². The summed E-state index contributed by atoms with van der Waals surface area (Å²) in [6.45, 7) is 0. The van der Waals surface area contributed by atoms with E-state index >= 15 is 0 Å². The molecule has 1 amide bonds. The fraction of sp³-hybridized carbons (Fsp3) is 0.455. The van der Waals surface area contributed by atoms with E-state index in [1.807, 2.05) is 0 Å². The number of hydrogen-bond donors (Lipinski definition) is 1. The van der Waals surface area contributed by atoms with E-state index in [0.717, 1.165) is 5.32 Å². The maximum atomic E-state index is 13.5. The second-order valence-corrected chi connectivity index (χ2v) is 5.53. The highest BCUT2D eigenvalue weighted by Crippen LogP contribution is 2.57. The van der Waals surface area contributed by atoms with Crippen LogP contribution in [0.3, 0.4) is 0 Å². The number of carbonyl (C=O) groups excluding carboxylic acids is 1. The van der Waals surface area contributed by atoms with Crippen molar-refractivity contribution in [1.82, 2.24) is 4.98 Å². The number of aromatic nitrogens is 1. The number of halogens is 13. The van der Waals surface area contributed by atoms with Crippen molar-refractivity contribution in [2.24, 2.45) is 0 Å². The summed E-state index contributed by atoms with van der Waals surface area (Å²) in [6.07, 6.45) is -7.32. The lowest BCUT2D eigenvalue weighted by Crippen LogP contribution is -2.68. The molecule has 0 aliphatic rings. The molecule has 0 aliphatic carbocycles. The number of carbonyl (C=O) groups is 1. The fourth-order valence-corrected chi connectivity index (χ4v) is 1.92. The van der Waals surface area contributed by atoms with Gasteiger partial charge in [0.1, 0.15) is 10.3 Å². The lowest BCUT2D eigenvalue weighted by molar-refractivity contribution is -0.416. The van der Waals surface area contributed by atoms with Crippen LogP contribution in [0.2, 0.25) is 10.3 Å². The third-order valence-corrected chi connectivity index (χ3v) is 3.23. The third kappa shape index (κ3) is 3.86. The van der Waals surface area contributed by atoms with Crippen molar-refractivity contribution < 1.29 is 53.1 Å². The Morgan fingerprint density at radius 2 is 1.19 bits per heavy atom. The highest BCUT2D eigenvalue weighted by Gasteiger charge is 2.88. The fourth-order valence-electron chi connectivity index (χ4n) is 1.46. The topological polar surface area (TPSA) is 42.0 Å². The maximum absolute atomic E-state index is 13.5. The standard InChI is InChI=1S/C11H3Cl2F11N2O/c12-4-1-3(2-5(13)26-4)25-6(27)7(14,15)8(16,17)9(18,19)10(20,21)11(22,23)24/h1-2H,(H,25,26,27). The molecular weight excluding hydrogens is 456 g/mol. The molecule has 0 spiro atoms. The van der Waals surface area contributed by atoms with Crippen molar-refractivity contribution in [3.8, 4) is 0 Å². The summed E-state index contributed by atoms with van der Waals surface area (Å²) in [5, 5.41) is -0.296. The van der Waals surface area contributed by atoms with Gasteiger partial charge in [-0.15, -0.1) is 0 Å². The van der Waals surface area contributed by atoms with E-state index in [4.69, 9.17) is 23.2 Å². The minimum absolute atomic E-state index is 0.516. The molecule has 0 saturated heterocycles. The van der Waals surface area contributed by atoms with Crippen LogP contribution in [0.25, 0.3) is 0 Å². The molecule has 3 nitrogen and oxygen atoms in total. The molecule has 1 aromatic heterocycles. The first-order valence-electron chi connectivity index (χ1n) is 6.01. The zero-order chi connectivity index (χ0) is 21.6. The largest absolute Gasteiger partial charge is 0.460 e. The molecule has 0 atom stereocenters. The summed E-state index contributed by atoms with van der Waals surface area (Å²) in [7, 11) is 0. The number of hydrogen-bond acceptors (Lipinski definition) is 2. The van der Waals surface area contributed by atoms with E-state index in [0.29, 0.717) is 12.1 Å². The van der Waals surface area contributed by atoms with Crippen LogP contribution < -0.4 is 5.32 Å². The van der Waals surface area contributed by atoms with E-state index in [-0.39, 0.29) is 0 Å². The highest BCUT2D eigenvalue weighted by atomic mass is 35.5. The van der Waals surface area contributed by atoms with E-state index in [9.17, 15) is 53.1 Å². The van der Waals surface area contributed by atoms with Gasteiger partial charge in [0.05, 0.1) is 0 Å². The lowest BCUT2D eigenvalue weighted by Gasteiger charge is -2.36. The van der Waals surface area contributed by atoms with Gasteiger partial charge in [-0.1, -0.05) is 23.2 Å². The molecule has 0 fully saturated rings. The minimum Gasteiger partial charge on any atom is -0.320 e. The third-order valence-electron chi connectivity index (χ3n) is 2.84. The average Bonchev–Trinajstić information content (AvgIpc) is 2.44. The minimum atomic E-state index is -7.69. The molecule has 1 N–H and O–H groups in total. The number of rotatable bonds is 5. The van der Waals surface area contributed by atoms with Crippen LogP contribution in [-0.4, -0.2) is 40.8 Å². The van der Waals surface area contributed by atoms with E-state index in [1.165, 1.54) is 0 Å². The molecule has 1 aromatic rings. The average molecular weight is 459 g/mol. The Morgan fingerprint density at radius 1 is 0.778 bits per heavy atom. The van der Waals surface area contributed by atoms with Crippen LogP contribution in [-0.2, 0) is 4.79 Å². The molecule has 1 rings (SSSR count). The molecule has 0 aromatic carbocycles. The summed E-state index contributed by atoms with van der Waals surface area (Å²) < 4.78 is 141. The summed E-state index contributed by atoms with van der Waals surface area (Å²) in [4.78, 5) is 14.5. The van der Waals surface area contributed by atoms with Crippen LogP contribution in [0.1, 0.15) is 0 Å². The highest BCUT2D eigenvalue weighted by molar-refractivity contribution is 6.33. The number of amides is 1. The first-order valence-corrected chi connectivity index (χ1v) is 6.77. The molecule has 27 heavy (non-hydrogen) atoms. The van der Waals surface area contributed by atoms with Crippen LogP contribution in [0.4, 0.5) is 54.0 Å². The first-order chi connectivity index (χ1) is 11.8. The first kappa shape index (κ1) is 23.5. The molecule has 0 radical (unpaired) electrons. The van der Waals surface area contributed by atoms with Crippen LogP contribution >= 0.6 is 23.2 Å². The van der Waals surface area contributed by atoms with Crippen molar-refractivity contribution in [3.63, 3.8) is 0 Å². The Balaban J connectivity index is 3.31. The molecule has 154 valence electrons. The second kappa shape index (κ2) is 6.79. The summed E-state index contributed by atoms with van der Waals surface area (Å²) in [5.41, 5.74) is -0.911. The summed E-state index contributed by atoms with van der Waals surface area (Å²) in [6, 6.07) is 1.03. The van der Waals surface area contributed by atoms with Crippen LogP contribution in [0.5, 0.6) is 0 Å². The molecule has 0 saturated carbocycles. The van der Waals surface area contributed by atoms with Crippen molar-refractivity contribution in [1.29, 1.82) is 0 Å². The van der Waals surface area contributed by atoms with Crippen molar-refractivity contribution in [2.75, 3.05) is 5.32 Å². The lowest BCUT2D eigenvalue weighted by atomic mass is 9.97. The smallest absolute Gasteiger partial charge is 0.320 e. The molecular formula is C11H3Cl2F11N2O. The molecule has 0 aliphatic heterocycles. The monoisotopic (exact) mass is 458 g/mol. The van der Waals surface area contributed by atoms with Gasteiger partial charge in [0, 0.05) is 5.69 Å². The predicted molar refractivity (Wildman–Crippen MR) is 68.7 cm³/mol. The quantitative estimate of drug-likeness (QED) is 0.472. The number of nitrogens with one attached hydrogen (secondary N) is 1. The Kier molecular flexibility index (Phi) is 5.91. The van der Waals surface area contributed by atoms with Crippen LogP contribution in [0, 0.1) is 0 Å². The SMILES string of the molecule is O=C(Nc1cc(Cl)nc(Cl)c1)C(F)(F)C(F)(F)C(F)(F)C(F)(F)C(F)(F)F. The number of pyridine rings is 1. The van der Waals surface area contributed by atoms with E-state index < -0.39 is 51.8 Å². The summed E-state index contributed by atoms with van der Waals surface area (Å²) >= 11 is 10.6. The van der Waals surface area contributed by atoms with Gasteiger partial charge in [-0.2, -0.15) is 48.3 Å². The van der Waals surface area contributed by atoms with Gasteiger partial charge in [-0.3, -0.25) is 4.79 Å². The Hall–Kier alpha value is -1.57. The summed E-state index contributed by atoms with van der Waals surface area (Å²) in [5.74, 6) is -32.8. The van der Waals surface area contributed by atoms with Gasteiger partial charge in [0.15, 0.2) is 0 Å². The van der Waals surface area contributed by atoms with Gasteiger partial charge < -0.3 is 5.32 Å². The van der Waals surface area contributed by atoms with Crippen molar-refractivity contribution >= 4 is 34.8 Å². The molecule has 16 heteroatoms. The number of anilines is 1. The van der Waals surface area contributed by atoms with Gasteiger partial charge >= 0.3 is 35.8 Å². The Morgan fingerprint density at radius 3 is 1.56 bits per heavy atom. The molecule has 0 bridgehead atoms. The normalized spacial score (nSPS) is 14.3.